The maximum absolute atomic E-state index is 12.6. The minimum Gasteiger partial charge on any atom is -0.375 e. The fourth-order valence-electron chi connectivity index (χ4n) is 2.99. The number of anilines is 1. The van der Waals surface area contributed by atoms with Gasteiger partial charge in [0.1, 0.15) is 10.7 Å². The molecule has 0 spiro atoms. The molecule has 122 valence electrons. The molecule has 2 saturated heterocycles. The third-order valence-electron chi connectivity index (χ3n) is 4.24. The number of ether oxygens (including phenoxy) is 1. The smallest absolute Gasteiger partial charge is 0.244 e. The molecule has 3 heterocycles. The average molecular weight is 325 g/mol. The Morgan fingerprint density at radius 2 is 1.95 bits per heavy atom. The van der Waals surface area contributed by atoms with E-state index in [2.05, 4.69) is 9.88 Å². The Morgan fingerprint density at radius 1 is 1.18 bits per heavy atom. The van der Waals surface area contributed by atoms with Gasteiger partial charge in [-0.15, -0.1) is 0 Å². The van der Waals surface area contributed by atoms with Gasteiger partial charge in [0.2, 0.25) is 10.0 Å². The van der Waals surface area contributed by atoms with Crippen LogP contribution in [-0.2, 0) is 14.8 Å². The van der Waals surface area contributed by atoms with E-state index in [0.717, 1.165) is 38.2 Å². The molecule has 6 nitrogen and oxygen atoms in total. The van der Waals surface area contributed by atoms with Crippen LogP contribution >= 0.6 is 0 Å². The molecular weight excluding hydrogens is 302 g/mol. The predicted molar refractivity (Wildman–Crippen MR) is 84.5 cm³/mol. The summed E-state index contributed by atoms with van der Waals surface area (Å²) in [4.78, 5) is 6.78. The monoisotopic (exact) mass is 325 g/mol. The van der Waals surface area contributed by atoms with Crippen molar-refractivity contribution >= 4 is 15.8 Å². The molecule has 1 aromatic heterocycles. The van der Waals surface area contributed by atoms with E-state index in [1.54, 1.807) is 16.4 Å². The molecule has 1 aromatic rings. The van der Waals surface area contributed by atoms with E-state index in [9.17, 15) is 8.42 Å². The Balaban J connectivity index is 1.75. The van der Waals surface area contributed by atoms with Gasteiger partial charge in [0, 0.05) is 32.4 Å². The number of sulfonamides is 1. The molecule has 0 amide bonds. The summed E-state index contributed by atoms with van der Waals surface area (Å²) >= 11 is 0. The highest BCUT2D eigenvalue weighted by Gasteiger charge is 2.26. The molecule has 2 aliphatic heterocycles. The van der Waals surface area contributed by atoms with Crippen molar-refractivity contribution in [2.45, 2.75) is 37.2 Å². The topological polar surface area (TPSA) is 62.7 Å². The third-order valence-corrected chi connectivity index (χ3v) is 6.12. The Bertz CT molecular complexity index is 597. The van der Waals surface area contributed by atoms with Crippen LogP contribution in [0.4, 0.5) is 5.82 Å². The Morgan fingerprint density at radius 3 is 2.59 bits per heavy atom. The molecule has 0 aromatic carbocycles. The van der Waals surface area contributed by atoms with E-state index >= 15 is 0 Å². The average Bonchev–Trinajstić information content (AvgIpc) is 2.56. The summed E-state index contributed by atoms with van der Waals surface area (Å²) in [6.45, 7) is 5.51. The van der Waals surface area contributed by atoms with Crippen LogP contribution in [0.3, 0.4) is 0 Å². The summed E-state index contributed by atoms with van der Waals surface area (Å²) in [5.74, 6) is 0.813. The molecular formula is C15H23N3O3S. The highest BCUT2D eigenvalue weighted by molar-refractivity contribution is 7.89. The molecule has 1 unspecified atom stereocenters. The van der Waals surface area contributed by atoms with Crippen molar-refractivity contribution in [1.29, 1.82) is 0 Å². The SMILES string of the molecule is CC1CN(c2ccc(S(=O)(=O)N3CCCCC3)cn2)CCO1. The third kappa shape index (κ3) is 3.26. The first-order chi connectivity index (χ1) is 10.6. The minimum atomic E-state index is -3.39. The van der Waals surface area contributed by atoms with E-state index < -0.39 is 10.0 Å². The lowest BCUT2D eigenvalue weighted by molar-refractivity contribution is 0.0529. The number of rotatable bonds is 3. The summed E-state index contributed by atoms with van der Waals surface area (Å²) in [5, 5.41) is 0. The Hall–Kier alpha value is -1.18. The second kappa shape index (κ2) is 6.52. The first kappa shape index (κ1) is 15.7. The number of nitrogens with zero attached hydrogens (tertiary/aromatic N) is 3. The molecule has 2 fully saturated rings. The molecule has 1 atom stereocenters. The summed E-state index contributed by atoms with van der Waals surface area (Å²) in [6, 6.07) is 3.47. The summed E-state index contributed by atoms with van der Waals surface area (Å²) in [7, 11) is -3.39. The summed E-state index contributed by atoms with van der Waals surface area (Å²) in [5.41, 5.74) is 0. The van der Waals surface area contributed by atoms with Crippen LogP contribution in [0.1, 0.15) is 26.2 Å². The zero-order chi connectivity index (χ0) is 15.6. The number of piperidine rings is 1. The van der Waals surface area contributed by atoms with Crippen LogP contribution in [0.2, 0.25) is 0 Å². The van der Waals surface area contributed by atoms with E-state index in [1.165, 1.54) is 6.20 Å². The Labute approximate surface area is 132 Å². The van der Waals surface area contributed by atoms with Crippen molar-refractivity contribution in [1.82, 2.24) is 9.29 Å². The zero-order valence-corrected chi connectivity index (χ0v) is 13.8. The normalized spacial score (nSPS) is 24.4. The second-order valence-electron chi connectivity index (χ2n) is 5.94. The van der Waals surface area contributed by atoms with Gasteiger partial charge in [0.15, 0.2) is 0 Å². The van der Waals surface area contributed by atoms with Crippen LogP contribution in [0, 0.1) is 0 Å². The lowest BCUT2D eigenvalue weighted by atomic mass is 10.2. The summed E-state index contributed by atoms with van der Waals surface area (Å²) in [6.07, 6.45) is 4.65. The fraction of sp³-hybridized carbons (Fsp3) is 0.667. The molecule has 7 heteroatoms. The van der Waals surface area contributed by atoms with Crippen LogP contribution in [0.5, 0.6) is 0 Å². The van der Waals surface area contributed by atoms with E-state index in [4.69, 9.17) is 4.74 Å². The van der Waals surface area contributed by atoms with Crippen molar-refractivity contribution in [3.05, 3.63) is 18.3 Å². The van der Waals surface area contributed by atoms with Gasteiger partial charge in [-0.25, -0.2) is 13.4 Å². The maximum atomic E-state index is 12.6. The molecule has 0 aliphatic carbocycles. The molecule has 22 heavy (non-hydrogen) atoms. The fourth-order valence-corrected chi connectivity index (χ4v) is 4.46. The van der Waals surface area contributed by atoms with Gasteiger partial charge >= 0.3 is 0 Å². The van der Waals surface area contributed by atoms with Crippen LogP contribution in [0.15, 0.2) is 23.2 Å². The van der Waals surface area contributed by atoms with Gasteiger partial charge in [-0.05, 0) is 31.9 Å². The maximum Gasteiger partial charge on any atom is 0.244 e. The second-order valence-corrected chi connectivity index (χ2v) is 7.88. The van der Waals surface area contributed by atoms with E-state index in [1.807, 2.05) is 6.92 Å². The van der Waals surface area contributed by atoms with Crippen LogP contribution in [-0.4, -0.2) is 56.6 Å². The highest BCUT2D eigenvalue weighted by Crippen LogP contribution is 2.22. The van der Waals surface area contributed by atoms with Crippen molar-refractivity contribution in [2.24, 2.45) is 0 Å². The van der Waals surface area contributed by atoms with Gasteiger partial charge in [0.05, 0.1) is 12.7 Å². The van der Waals surface area contributed by atoms with Crippen molar-refractivity contribution in [3.63, 3.8) is 0 Å². The molecule has 0 bridgehead atoms. The number of aromatic nitrogens is 1. The first-order valence-electron chi connectivity index (χ1n) is 7.90. The van der Waals surface area contributed by atoms with Gasteiger partial charge < -0.3 is 9.64 Å². The van der Waals surface area contributed by atoms with Crippen molar-refractivity contribution in [3.8, 4) is 0 Å². The number of pyridine rings is 1. The quantitative estimate of drug-likeness (QED) is 0.842. The number of morpholine rings is 1. The zero-order valence-electron chi connectivity index (χ0n) is 12.9. The van der Waals surface area contributed by atoms with Gasteiger partial charge in [-0.1, -0.05) is 6.42 Å². The predicted octanol–water partition coefficient (Wildman–Crippen LogP) is 1.48. The van der Waals surface area contributed by atoms with Crippen molar-refractivity contribution in [2.75, 3.05) is 37.7 Å². The molecule has 2 aliphatic rings. The highest BCUT2D eigenvalue weighted by atomic mass is 32.2. The number of hydrogen-bond acceptors (Lipinski definition) is 5. The van der Waals surface area contributed by atoms with Crippen LogP contribution in [0.25, 0.3) is 0 Å². The molecule has 3 rings (SSSR count). The Kier molecular flexibility index (Phi) is 4.65. The molecule has 0 N–H and O–H groups in total. The van der Waals surface area contributed by atoms with Crippen molar-refractivity contribution < 1.29 is 13.2 Å². The first-order valence-corrected chi connectivity index (χ1v) is 9.34. The largest absolute Gasteiger partial charge is 0.375 e. The molecule has 0 saturated carbocycles. The molecule has 0 radical (unpaired) electrons. The lowest BCUT2D eigenvalue weighted by Gasteiger charge is -2.32. The summed E-state index contributed by atoms with van der Waals surface area (Å²) < 4.78 is 32.2. The van der Waals surface area contributed by atoms with Gasteiger partial charge in [-0.3, -0.25) is 0 Å². The number of hydrogen-bond donors (Lipinski definition) is 0. The van der Waals surface area contributed by atoms with E-state index in [-0.39, 0.29) is 6.10 Å². The van der Waals surface area contributed by atoms with E-state index in [0.29, 0.717) is 24.6 Å². The lowest BCUT2D eigenvalue weighted by Crippen LogP contribution is -2.41. The van der Waals surface area contributed by atoms with Gasteiger partial charge in [0.25, 0.3) is 0 Å². The van der Waals surface area contributed by atoms with Gasteiger partial charge in [-0.2, -0.15) is 4.31 Å². The standard InChI is InChI=1S/C15H23N3O3S/c1-13-12-17(9-10-21-13)15-6-5-14(11-16-15)22(19,20)18-7-3-2-4-8-18/h5-6,11,13H,2-4,7-10,12H2,1H3. The van der Waals surface area contributed by atoms with Crippen LogP contribution < -0.4 is 4.90 Å². The minimum absolute atomic E-state index is 0.173.